The van der Waals surface area contributed by atoms with Crippen molar-refractivity contribution >= 4 is 17.3 Å². The van der Waals surface area contributed by atoms with Crippen LogP contribution in [0, 0.1) is 21.4 Å². The van der Waals surface area contributed by atoms with E-state index in [1.165, 1.54) is 17.8 Å². The molecule has 0 unspecified atom stereocenters. The number of hydrogen-bond donors (Lipinski definition) is 0. The van der Waals surface area contributed by atoms with Crippen molar-refractivity contribution in [3.05, 3.63) is 70.4 Å². The third-order valence-corrected chi connectivity index (χ3v) is 4.73. The average Bonchev–Trinajstić information content (AvgIpc) is 3.19. The number of nitrogens with zero attached hydrogens (tertiary/aromatic N) is 5. The lowest BCUT2D eigenvalue weighted by molar-refractivity contribution is -0.384. The number of piperazine rings is 1. The molecule has 1 aliphatic rings. The zero-order chi connectivity index (χ0) is 19.5. The highest BCUT2D eigenvalue weighted by Gasteiger charge is 2.25. The van der Waals surface area contributed by atoms with Crippen molar-refractivity contribution in [3.63, 3.8) is 0 Å². The number of hydrogen-bond acceptors (Lipinski definition) is 7. The minimum absolute atomic E-state index is 0.00642. The van der Waals surface area contributed by atoms with Gasteiger partial charge in [0.1, 0.15) is 6.07 Å². The van der Waals surface area contributed by atoms with E-state index in [-0.39, 0.29) is 17.3 Å². The molecule has 140 valence electrons. The molecule has 0 bridgehead atoms. The Hall–Kier alpha value is -3.86. The van der Waals surface area contributed by atoms with Gasteiger partial charge >= 0.3 is 0 Å². The summed E-state index contributed by atoms with van der Waals surface area (Å²) in [5, 5.41) is 20.3. The average molecular weight is 375 g/mol. The van der Waals surface area contributed by atoms with Crippen LogP contribution in [0.15, 0.2) is 59.0 Å². The highest BCUT2D eigenvalue weighted by molar-refractivity contribution is 5.61. The zero-order valence-electron chi connectivity index (χ0n) is 15.0. The number of para-hydroxylation sites is 1. The van der Waals surface area contributed by atoms with Crippen molar-refractivity contribution in [2.24, 2.45) is 0 Å². The Morgan fingerprint density at radius 1 is 1.00 bits per heavy atom. The van der Waals surface area contributed by atoms with Crippen LogP contribution >= 0.6 is 0 Å². The summed E-state index contributed by atoms with van der Waals surface area (Å²) >= 11 is 0. The molecule has 2 aromatic carbocycles. The van der Waals surface area contributed by atoms with Crippen LogP contribution in [0.2, 0.25) is 0 Å². The molecule has 28 heavy (non-hydrogen) atoms. The molecule has 1 saturated heterocycles. The maximum Gasteiger partial charge on any atom is 0.269 e. The van der Waals surface area contributed by atoms with E-state index in [0.717, 1.165) is 13.1 Å². The Bertz CT molecular complexity index is 1020. The van der Waals surface area contributed by atoms with E-state index in [4.69, 9.17) is 4.42 Å². The SMILES string of the molecule is N#Cc1nc(-c2ccc([N+](=O)[O-])cc2)oc1N1CCN(c2ccccc2)CC1. The Morgan fingerprint density at radius 2 is 1.64 bits per heavy atom. The van der Waals surface area contributed by atoms with Crippen LogP contribution in [0.25, 0.3) is 11.5 Å². The van der Waals surface area contributed by atoms with Gasteiger partial charge in [-0.25, -0.2) is 0 Å². The van der Waals surface area contributed by atoms with Gasteiger partial charge in [-0.05, 0) is 24.3 Å². The van der Waals surface area contributed by atoms with Crippen LogP contribution in [0.3, 0.4) is 0 Å². The fraction of sp³-hybridized carbons (Fsp3) is 0.200. The molecule has 2 heterocycles. The van der Waals surface area contributed by atoms with Crippen molar-refractivity contribution in [2.75, 3.05) is 36.0 Å². The fourth-order valence-electron chi connectivity index (χ4n) is 3.25. The molecule has 4 rings (SSSR count). The smallest absolute Gasteiger partial charge is 0.269 e. The van der Waals surface area contributed by atoms with Gasteiger partial charge in [-0.2, -0.15) is 10.2 Å². The van der Waals surface area contributed by atoms with Crippen LogP contribution < -0.4 is 9.80 Å². The fourth-order valence-corrected chi connectivity index (χ4v) is 3.25. The summed E-state index contributed by atoms with van der Waals surface area (Å²) in [6.07, 6.45) is 0. The molecule has 0 radical (unpaired) electrons. The summed E-state index contributed by atoms with van der Waals surface area (Å²) in [5.74, 6) is 0.732. The van der Waals surface area contributed by atoms with E-state index in [0.29, 0.717) is 24.5 Å². The van der Waals surface area contributed by atoms with E-state index in [9.17, 15) is 15.4 Å². The van der Waals surface area contributed by atoms with E-state index >= 15 is 0 Å². The number of rotatable bonds is 4. The summed E-state index contributed by atoms with van der Waals surface area (Å²) in [6, 6.07) is 18.2. The Kier molecular flexibility index (Phi) is 4.64. The predicted molar refractivity (Wildman–Crippen MR) is 104 cm³/mol. The van der Waals surface area contributed by atoms with Crippen molar-refractivity contribution < 1.29 is 9.34 Å². The molecule has 0 spiro atoms. The van der Waals surface area contributed by atoms with Gasteiger partial charge in [0.15, 0.2) is 0 Å². The molecule has 0 aliphatic carbocycles. The summed E-state index contributed by atoms with van der Waals surface area (Å²) in [4.78, 5) is 18.9. The Labute approximate surface area is 161 Å². The van der Waals surface area contributed by atoms with Gasteiger partial charge in [-0.15, -0.1) is 0 Å². The van der Waals surface area contributed by atoms with Gasteiger partial charge in [-0.3, -0.25) is 10.1 Å². The van der Waals surface area contributed by atoms with E-state index in [1.807, 2.05) is 23.1 Å². The summed E-state index contributed by atoms with van der Waals surface area (Å²) in [7, 11) is 0. The van der Waals surface area contributed by atoms with Crippen LogP contribution in [0.5, 0.6) is 0 Å². The lowest BCUT2D eigenvalue weighted by Gasteiger charge is -2.35. The number of benzene rings is 2. The van der Waals surface area contributed by atoms with Gasteiger partial charge in [0.25, 0.3) is 5.69 Å². The van der Waals surface area contributed by atoms with Gasteiger partial charge < -0.3 is 14.2 Å². The highest BCUT2D eigenvalue weighted by Crippen LogP contribution is 2.30. The number of oxazole rings is 1. The number of aromatic nitrogens is 1. The van der Waals surface area contributed by atoms with Crippen molar-refractivity contribution in [3.8, 4) is 17.5 Å². The molecule has 8 nitrogen and oxygen atoms in total. The molecular formula is C20H17N5O3. The van der Waals surface area contributed by atoms with Crippen LogP contribution in [0.4, 0.5) is 17.3 Å². The molecule has 8 heteroatoms. The predicted octanol–water partition coefficient (Wildman–Crippen LogP) is 3.45. The first-order valence-electron chi connectivity index (χ1n) is 8.86. The minimum Gasteiger partial charge on any atom is -0.419 e. The number of nitro benzene ring substituents is 1. The second kappa shape index (κ2) is 7.40. The maximum atomic E-state index is 10.8. The number of nitriles is 1. The highest BCUT2D eigenvalue weighted by atomic mass is 16.6. The number of non-ortho nitro benzene ring substituents is 1. The zero-order valence-corrected chi connectivity index (χ0v) is 15.0. The van der Waals surface area contributed by atoms with Gasteiger partial charge in [-0.1, -0.05) is 18.2 Å². The van der Waals surface area contributed by atoms with Gasteiger partial charge in [0.2, 0.25) is 17.5 Å². The van der Waals surface area contributed by atoms with Crippen molar-refractivity contribution in [1.82, 2.24) is 4.98 Å². The first-order valence-corrected chi connectivity index (χ1v) is 8.86. The molecule has 1 aliphatic heterocycles. The largest absolute Gasteiger partial charge is 0.419 e. The molecule has 0 amide bonds. The molecule has 0 saturated carbocycles. The molecule has 0 N–H and O–H groups in total. The summed E-state index contributed by atoms with van der Waals surface area (Å²) < 4.78 is 5.88. The maximum absolute atomic E-state index is 10.8. The minimum atomic E-state index is -0.461. The second-order valence-electron chi connectivity index (χ2n) is 6.40. The first kappa shape index (κ1) is 17.5. The summed E-state index contributed by atoms with van der Waals surface area (Å²) in [5.41, 5.74) is 1.98. The third-order valence-electron chi connectivity index (χ3n) is 4.73. The standard InChI is InChI=1S/C20H17N5O3/c21-14-18-20(24-12-10-23(11-13-24)16-4-2-1-3-5-16)28-19(22-18)15-6-8-17(9-7-15)25(26)27/h1-9H,10-13H2. The van der Waals surface area contributed by atoms with Crippen molar-refractivity contribution in [1.29, 1.82) is 5.26 Å². The molecule has 3 aromatic rings. The van der Waals surface area contributed by atoms with Crippen LogP contribution in [-0.4, -0.2) is 36.1 Å². The Balaban J connectivity index is 1.53. The van der Waals surface area contributed by atoms with Crippen LogP contribution in [0.1, 0.15) is 5.69 Å². The number of anilines is 2. The molecule has 1 aromatic heterocycles. The molecule has 0 atom stereocenters. The van der Waals surface area contributed by atoms with Crippen LogP contribution in [-0.2, 0) is 0 Å². The topological polar surface area (TPSA) is 99.4 Å². The number of nitro groups is 1. The van der Waals surface area contributed by atoms with E-state index in [1.54, 1.807) is 12.1 Å². The van der Waals surface area contributed by atoms with E-state index in [2.05, 4.69) is 28.1 Å². The molecule has 1 fully saturated rings. The Morgan fingerprint density at radius 3 is 2.25 bits per heavy atom. The third kappa shape index (κ3) is 3.38. The lowest BCUT2D eigenvalue weighted by Crippen LogP contribution is -2.46. The first-order chi connectivity index (χ1) is 13.7. The lowest BCUT2D eigenvalue weighted by atomic mass is 10.2. The molecular weight excluding hydrogens is 358 g/mol. The normalized spacial score (nSPS) is 14.0. The van der Waals surface area contributed by atoms with Crippen molar-refractivity contribution in [2.45, 2.75) is 0 Å². The summed E-state index contributed by atoms with van der Waals surface area (Å²) in [6.45, 7) is 3.03. The second-order valence-corrected chi connectivity index (χ2v) is 6.40. The van der Waals surface area contributed by atoms with Gasteiger partial charge in [0.05, 0.1) is 4.92 Å². The quantitative estimate of drug-likeness (QED) is 0.508. The van der Waals surface area contributed by atoms with Gasteiger partial charge in [0, 0.05) is 49.6 Å². The van der Waals surface area contributed by atoms with E-state index < -0.39 is 4.92 Å². The monoisotopic (exact) mass is 375 g/mol.